The molecule has 2 N–H and O–H groups in total. The van der Waals surface area contributed by atoms with Gasteiger partial charge in [-0.1, -0.05) is 28.7 Å². The van der Waals surface area contributed by atoms with Crippen molar-refractivity contribution < 1.29 is 9.13 Å². The van der Waals surface area contributed by atoms with Gasteiger partial charge in [0.25, 0.3) is 0 Å². The summed E-state index contributed by atoms with van der Waals surface area (Å²) in [5.74, 6) is 1.82. The Hall–Kier alpha value is -2.30. The number of aryl methyl sites for hydroxylation is 1. The van der Waals surface area contributed by atoms with Crippen molar-refractivity contribution in [2.45, 2.75) is 44.4 Å². The summed E-state index contributed by atoms with van der Waals surface area (Å²) in [4.78, 5) is 15.7. The summed E-state index contributed by atoms with van der Waals surface area (Å²) >= 11 is 2.44. The Morgan fingerprint density at radius 2 is 1.95 bits per heavy atom. The Balaban J connectivity index is 0.00000220. The lowest BCUT2D eigenvalue weighted by Crippen LogP contribution is -2.44. The number of rotatable bonds is 7. The number of aromatic nitrogens is 3. The van der Waals surface area contributed by atoms with Gasteiger partial charge < -0.3 is 15.4 Å². The maximum absolute atomic E-state index is 14.2. The first-order valence-corrected chi connectivity index (χ1v) is 14.5. The van der Waals surface area contributed by atoms with Crippen molar-refractivity contribution in [2.75, 3.05) is 36.0 Å². The van der Waals surface area contributed by atoms with Gasteiger partial charge in [0.05, 0.1) is 10.1 Å². The van der Waals surface area contributed by atoms with Crippen LogP contribution in [-0.2, 0) is 0 Å². The molecular weight excluding hydrogens is 667 g/mol. The predicted octanol–water partition coefficient (Wildman–Crippen LogP) is 5.96. The molecule has 214 valence electrons. The second-order valence-electron chi connectivity index (χ2n) is 9.83. The van der Waals surface area contributed by atoms with Gasteiger partial charge in [-0.3, -0.25) is 4.90 Å². The Kier molecular flexibility index (Phi) is 12.1. The van der Waals surface area contributed by atoms with E-state index in [1.807, 2.05) is 0 Å². The third-order valence-electron chi connectivity index (χ3n) is 7.28. The van der Waals surface area contributed by atoms with Crippen LogP contribution >= 0.6 is 47.4 Å². The number of likely N-dealkylation sites (tertiary alicyclic amines) is 1. The van der Waals surface area contributed by atoms with E-state index in [1.165, 1.54) is 30.3 Å². The van der Waals surface area contributed by atoms with Gasteiger partial charge in [0.1, 0.15) is 30.4 Å². The van der Waals surface area contributed by atoms with E-state index in [-0.39, 0.29) is 31.4 Å². The molecule has 3 heterocycles. The molecule has 40 heavy (non-hydrogen) atoms. The van der Waals surface area contributed by atoms with Gasteiger partial charge in [0.2, 0.25) is 5.95 Å². The van der Waals surface area contributed by atoms with Crippen molar-refractivity contribution in [3.63, 3.8) is 0 Å². The fourth-order valence-corrected chi connectivity index (χ4v) is 5.83. The second kappa shape index (κ2) is 15.1. The maximum Gasteiger partial charge on any atom is 0.230 e. The number of nitrogens with one attached hydrogen (secondary N) is 2. The zero-order chi connectivity index (χ0) is 26.5. The highest BCUT2D eigenvalue weighted by molar-refractivity contribution is 14.1. The van der Waals surface area contributed by atoms with Crippen molar-refractivity contribution in [3.05, 3.63) is 59.4 Å². The van der Waals surface area contributed by atoms with Crippen LogP contribution in [0.25, 0.3) is 11.4 Å². The molecule has 0 saturated carbocycles. The molecule has 2 aliphatic heterocycles. The number of halogens is 4. The number of nitriles is 1. The van der Waals surface area contributed by atoms with Crippen LogP contribution in [0.4, 0.5) is 16.0 Å². The van der Waals surface area contributed by atoms with Crippen molar-refractivity contribution in [2.24, 2.45) is 0 Å². The number of anilines is 2. The second-order valence-corrected chi connectivity index (χ2v) is 10.5. The van der Waals surface area contributed by atoms with Crippen LogP contribution in [0.3, 0.4) is 0 Å². The molecule has 0 unspecified atom stereocenters. The molecule has 8 nitrogen and oxygen atoms in total. The standard InChI is InChI=1S/C28H31FIN7O.2ClH/c1-18-12-22(3-4-23(18)19-7-10-37(16-30)11-8-19)35-28-34-17-33-27(36-28)20-2-5-25(21(13-20)14-31)38-26-6-9-32-15-24(26)29;;/h2-5,12-13,17,19,24,26,32H,6-11,15-16H2,1H3,(H,33,34,35,36);2*1H/t24-,26+;;/m1../s1. The number of alkyl halides is 2. The highest BCUT2D eigenvalue weighted by Gasteiger charge is 2.27. The van der Waals surface area contributed by atoms with Crippen LogP contribution in [0.2, 0.25) is 0 Å². The molecule has 3 aromatic rings. The summed E-state index contributed by atoms with van der Waals surface area (Å²) in [6.07, 6.45) is 2.70. The Morgan fingerprint density at radius 3 is 2.65 bits per heavy atom. The third-order valence-corrected chi connectivity index (χ3v) is 8.24. The highest BCUT2D eigenvalue weighted by atomic mass is 127. The SMILES string of the molecule is Cc1cc(Nc2ncnc(-c3ccc(O[C@H]4CCNC[C@H]4F)c(C#N)c3)n2)ccc1C1CCN(CI)CC1.Cl.Cl. The minimum absolute atomic E-state index is 0. The van der Waals surface area contributed by atoms with Gasteiger partial charge in [-0.15, -0.1) is 24.8 Å². The van der Waals surface area contributed by atoms with E-state index >= 15 is 0 Å². The Bertz CT molecular complexity index is 1320. The summed E-state index contributed by atoms with van der Waals surface area (Å²) in [7, 11) is 0. The first-order valence-electron chi connectivity index (χ1n) is 12.9. The van der Waals surface area contributed by atoms with Crippen molar-refractivity contribution in [1.29, 1.82) is 5.26 Å². The molecule has 12 heteroatoms. The van der Waals surface area contributed by atoms with Crippen molar-refractivity contribution in [3.8, 4) is 23.2 Å². The summed E-state index contributed by atoms with van der Waals surface area (Å²) in [6, 6.07) is 13.7. The van der Waals surface area contributed by atoms with E-state index in [0.717, 1.165) is 23.3 Å². The van der Waals surface area contributed by atoms with Gasteiger partial charge in [-0.2, -0.15) is 10.2 Å². The highest BCUT2D eigenvalue weighted by Crippen LogP contribution is 2.32. The monoisotopic (exact) mass is 699 g/mol. The van der Waals surface area contributed by atoms with Gasteiger partial charge in [0.15, 0.2) is 5.82 Å². The molecule has 5 rings (SSSR count). The van der Waals surface area contributed by atoms with Crippen LogP contribution < -0.4 is 15.4 Å². The first-order chi connectivity index (χ1) is 18.5. The molecule has 0 radical (unpaired) electrons. The van der Waals surface area contributed by atoms with Crippen molar-refractivity contribution >= 4 is 59.0 Å². The molecule has 2 fully saturated rings. The number of hydrogen-bond donors (Lipinski definition) is 2. The van der Waals surface area contributed by atoms with Crippen LogP contribution in [0, 0.1) is 18.3 Å². The van der Waals surface area contributed by atoms with E-state index in [0.29, 0.717) is 47.5 Å². The topological polar surface area (TPSA) is 99.0 Å². The molecule has 0 spiro atoms. The molecular formula is C28H33Cl2FIN7O. The minimum Gasteiger partial charge on any atom is -0.486 e. The van der Waals surface area contributed by atoms with Gasteiger partial charge in [-0.25, -0.2) is 14.4 Å². The summed E-state index contributed by atoms with van der Waals surface area (Å²) in [5.41, 5.74) is 4.56. The van der Waals surface area contributed by atoms with E-state index in [9.17, 15) is 9.65 Å². The first kappa shape index (κ1) is 32.2. The molecule has 0 bridgehead atoms. The molecule has 2 aliphatic rings. The van der Waals surface area contributed by atoms with Gasteiger partial charge in [0, 0.05) is 17.8 Å². The van der Waals surface area contributed by atoms with E-state index < -0.39 is 12.3 Å². The lowest BCUT2D eigenvalue weighted by molar-refractivity contribution is 0.0729. The lowest BCUT2D eigenvalue weighted by Gasteiger charge is -2.31. The van der Waals surface area contributed by atoms with E-state index in [1.54, 1.807) is 18.2 Å². The number of piperidine rings is 2. The number of nitrogens with zero attached hydrogens (tertiary/aromatic N) is 5. The minimum atomic E-state index is -1.11. The Morgan fingerprint density at radius 1 is 1.15 bits per heavy atom. The Labute approximate surface area is 260 Å². The zero-order valence-corrected chi connectivity index (χ0v) is 25.9. The molecule has 0 aliphatic carbocycles. The van der Waals surface area contributed by atoms with Crippen LogP contribution in [0.1, 0.15) is 41.9 Å². The zero-order valence-electron chi connectivity index (χ0n) is 22.1. The maximum atomic E-state index is 14.2. The third kappa shape index (κ3) is 7.70. The number of benzene rings is 2. The van der Waals surface area contributed by atoms with Crippen LogP contribution in [0.5, 0.6) is 5.75 Å². The van der Waals surface area contributed by atoms with Gasteiger partial charge >= 0.3 is 0 Å². The average Bonchev–Trinajstić information content (AvgIpc) is 2.95. The van der Waals surface area contributed by atoms with Crippen LogP contribution in [0.15, 0.2) is 42.7 Å². The van der Waals surface area contributed by atoms with Crippen LogP contribution in [-0.4, -0.2) is 62.9 Å². The largest absolute Gasteiger partial charge is 0.486 e. The van der Waals surface area contributed by atoms with Crippen molar-refractivity contribution in [1.82, 2.24) is 25.2 Å². The number of ether oxygens (including phenoxy) is 1. The molecule has 2 saturated heterocycles. The molecule has 0 amide bonds. The van der Waals surface area contributed by atoms with E-state index in [2.05, 4.69) is 84.3 Å². The molecule has 1 aromatic heterocycles. The molecule has 2 atom stereocenters. The quantitative estimate of drug-likeness (QED) is 0.177. The summed E-state index contributed by atoms with van der Waals surface area (Å²) < 4.78 is 21.1. The summed E-state index contributed by atoms with van der Waals surface area (Å²) in [6.45, 7) is 5.40. The lowest BCUT2D eigenvalue weighted by atomic mass is 9.87. The smallest absolute Gasteiger partial charge is 0.230 e. The fraction of sp³-hybridized carbons (Fsp3) is 0.429. The normalized spacial score (nSPS) is 19.6. The molecule has 2 aromatic carbocycles. The average molecular weight is 700 g/mol. The summed E-state index contributed by atoms with van der Waals surface area (Å²) in [5, 5.41) is 16.0. The van der Waals surface area contributed by atoms with Gasteiger partial charge in [-0.05, 0) is 93.2 Å². The fourth-order valence-electron chi connectivity index (χ4n) is 5.15. The van der Waals surface area contributed by atoms with E-state index in [4.69, 9.17) is 4.74 Å². The predicted molar refractivity (Wildman–Crippen MR) is 168 cm³/mol. The number of hydrogen-bond acceptors (Lipinski definition) is 8.